The highest BCUT2D eigenvalue weighted by Crippen LogP contribution is 2.13. The molecule has 0 aliphatic heterocycles. The fourth-order valence-electron chi connectivity index (χ4n) is 1.85. The summed E-state index contributed by atoms with van der Waals surface area (Å²) in [6, 6.07) is 15.5. The summed E-state index contributed by atoms with van der Waals surface area (Å²) >= 11 is 0. The fourth-order valence-corrected chi connectivity index (χ4v) is 1.85. The van der Waals surface area contributed by atoms with E-state index < -0.39 is 0 Å². The van der Waals surface area contributed by atoms with Crippen LogP contribution in [0, 0.1) is 13.8 Å². The number of carbonyl (C=O) groups excluding carboxylic acids is 1. The van der Waals surface area contributed by atoms with Crippen molar-refractivity contribution >= 4 is 5.78 Å². The fraction of sp³-hybridized carbons (Fsp3) is 0.235. The van der Waals surface area contributed by atoms with E-state index in [1.807, 2.05) is 62.4 Å². The minimum Gasteiger partial charge on any atom is -0.493 e. The molecule has 98 valence electrons. The number of hydrogen-bond acceptors (Lipinski definition) is 2. The number of aryl methyl sites for hydroxylation is 2. The molecular weight excluding hydrogens is 236 g/mol. The summed E-state index contributed by atoms with van der Waals surface area (Å²) < 4.78 is 5.58. The Hall–Kier alpha value is -2.09. The first-order valence-electron chi connectivity index (χ1n) is 6.44. The van der Waals surface area contributed by atoms with Gasteiger partial charge in [0.05, 0.1) is 6.61 Å². The average Bonchev–Trinajstić information content (AvgIpc) is 2.39. The molecule has 2 rings (SSSR count). The van der Waals surface area contributed by atoms with Crippen molar-refractivity contribution < 1.29 is 9.53 Å². The Bertz CT molecular complexity index is 556. The Morgan fingerprint density at radius 1 is 1.00 bits per heavy atom. The van der Waals surface area contributed by atoms with E-state index >= 15 is 0 Å². The first-order valence-corrected chi connectivity index (χ1v) is 6.44. The Kier molecular flexibility index (Phi) is 4.35. The van der Waals surface area contributed by atoms with E-state index in [9.17, 15) is 4.79 Å². The molecule has 0 N–H and O–H groups in total. The highest BCUT2D eigenvalue weighted by molar-refractivity contribution is 5.96. The first kappa shape index (κ1) is 13.3. The first-order chi connectivity index (χ1) is 9.15. The Morgan fingerprint density at radius 2 is 1.74 bits per heavy atom. The molecule has 2 aromatic rings. The maximum atomic E-state index is 11.9. The van der Waals surface area contributed by atoms with E-state index in [1.165, 1.54) is 0 Å². The zero-order valence-corrected chi connectivity index (χ0v) is 11.3. The second-order valence-corrected chi connectivity index (χ2v) is 4.70. The molecule has 0 saturated carbocycles. The molecule has 0 atom stereocenters. The zero-order valence-electron chi connectivity index (χ0n) is 11.3. The van der Waals surface area contributed by atoms with Gasteiger partial charge in [-0.05, 0) is 31.5 Å². The molecular formula is C17H18O2. The lowest BCUT2D eigenvalue weighted by atomic mass is 10.1. The van der Waals surface area contributed by atoms with Crippen LogP contribution in [0.15, 0.2) is 48.5 Å². The van der Waals surface area contributed by atoms with Gasteiger partial charge in [0.15, 0.2) is 5.78 Å². The summed E-state index contributed by atoms with van der Waals surface area (Å²) in [5, 5.41) is 0. The van der Waals surface area contributed by atoms with Crippen LogP contribution < -0.4 is 4.74 Å². The number of rotatable bonds is 5. The summed E-state index contributed by atoms with van der Waals surface area (Å²) in [6.45, 7) is 4.44. The molecule has 0 radical (unpaired) electrons. The van der Waals surface area contributed by atoms with Gasteiger partial charge in [0, 0.05) is 12.0 Å². The van der Waals surface area contributed by atoms with Gasteiger partial charge in [0.25, 0.3) is 0 Å². The summed E-state index contributed by atoms with van der Waals surface area (Å²) in [6.07, 6.45) is 0.400. The van der Waals surface area contributed by atoms with Crippen LogP contribution in [-0.4, -0.2) is 12.4 Å². The van der Waals surface area contributed by atoms with Gasteiger partial charge in [-0.3, -0.25) is 4.79 Å². The summed E-state index contributed by atoms with van der Waals surface area (Å²) in [5.74, 6) is 0.935. The van der Waals surface area contributed by atoms with E-state index in [1.54, 1.807) is 0 Å². The van der Waals surface area contributed by atoms with Gasteiger partial charge in [0.1, 0.15) is 5.75 Å². The molecule has 2 aromatic carbocycles. The van der Waals surface area contributed by atoms with Crippen LogP contribution in [0.3, 0.4) is 0 Å². The number of ether oxygens (including phenoxy) is 1. The van der Waals surface area contributed by atoms with E-state index in [-0.39, 0.29) is 5.78 Å². The standard InChI is InChI=1S/C17H18O2/c1-13-6-8-15(9-7-13)17(18)10-11-19-16-5-3-4-14(2)12-16/h3-9,12H,10-11H2,1-2H3. The molecule has 0 spiro atoms. The summed E-state index contributed by atoms with van der Waals surface area (Å²) in [4.78, 5) is 11.9. The molecule has 0 amide bonds. The van der Waals surface area contributed by atoms with Gasteiger partial charge in [-0.25, -0.2) is 0 Å². The molecule has 19 heavy (non-hydrogen) atoms. The van der Waals surface area contributed by atoms with E-state index in [0.29, 0.717) is 13.0 Å². The lowest BCUT2D eigenvalue weighted by molar-refractivity contribution is 0.0962. The van der Waals surface area contributed by atoms with Crippen molar-refractivity contribution in [1.29, 1.82) is 0 Å². The second-order valence-electron chi connectivity index (χ2n) is 4.70. The number of Topliss-reactive ketones (excluding diaryl/α,β-unsaturated/α-hetero) is 1. The van der Waals surface area contributed by atoms with Gasteiger partial charge in [-0.15, -0.1) is 0 Å². The number of hydrogen-bond donors (Lipinski definition) is 0. The lowest BCUT2D eigenvalue weighted by Crippen LogP contribution is -2.06. The van der Waals surface area contributed by atoms with E-state index in [2.05, 4.69) is 0 Å². The molecule has 0 bridgehead atoms. The SMILES string of the molecule is Cc1ccc(C(=O)CCOc2cccc(C)c2)cc1. The van der Waals surface area contributed by atoms with Crippen LogP contribution in [-0.2, 0) is 0 Å². The Morgan fingerprint density at radius 3 is 2.42 bits per heavy atom. The normalized spacial score (nSPS) is 10.2. The van der Waals surface area contributed by atoms with Gasteiger partial charge in [-0.1, -0.05) is 42.0 Å². The van der Waals surface area contributed by atoms with Crippen LogP contribution in [0.5, 0.6) is 5.75 Å². The minimum atomic E-state index is 0.118. The maximum Gasteiger partial charge on any atom is 0.166 e. The van der Waals surface area contributed by atoms with Crippen molar-refractivity contribution in [1.82, 2.24) is 0 Å². The third kappa shape index (κ3) is 3.95. The monoisotopic (exact) mass is 254 g/mol. The van der Waals surface area contributed by atoms with Crippen molar-refractivity contribution in [2.75, 3.05) is 6.61 Å². The second kappa shape index (κ2) is 6.19. The van der Waals surface area contributed by atoms with Crippen LogP contribution in [0.2, 0.25) is 0 Å². The van der Waals surface area contributed by atoms with Crippen LogP contribution in [0.1, 0.15) is 27.9 Å². The molecule has 0 aromatic heterocycles. The van der Waals surface area contributed by atoms with Gasteiger partial charge in [-0.2, -0.15) is 0 Å². The smallest absolute Gasteiger partial charge is 0.166 e. The third-order valence-electron chi connectivity index (χ3n) is 2.96. The van der Waals surface area contributed by atoms with Gasteiger partial charge >= 0.3 is 0 Å². The molecule has 0 heterocycles. The highest BCUT2D eigenvalue weighted by atomic mass is 16.5. The predicted octanol–water partition coefficient (Wildman–Crippen LogP) is 3.96. The Labute approximate surface area is 114 Å². The molecule has 0 saturated heterocycles. The van der Waals surface area contributed by atoms with E-state index in [4.69, 9.17) is 4.74 Å². The van der Waals surface area contributed by atoms with Crippen LogP contribution in [0.25, 0.3) is 0 Å². The topological polar surface area (TPSA) is 26.3 Å². The minimum absolute atomic E-state index is 0.118. The van der Waals surface area contributed by atoms with Crippen molar-refractivity contribution in [3.05, 3.63) is 65.2 Å². The number of carbonyl (C=O) groups is 1. The van der Waals surface area contributed by atoms with E-state index in [0.717, 1.165) is 22.4 Å². The van der Waals surface area contributed by atoms with Crippen molar-refractivity contribution in [2.24, 2.45) is 0 Å². The largest absolute Gasteiger partial charge is 0.493 e. The van der Waals surface area contributed by atoms with Crippen molar-refractivity contribution in [2.45, 2.75) is 20.3 Å². The molecule has 2 heteroatoms. The molecule has 0 fully saturated rings. The number of benzene rings is 2. The van der Waals surface area contributed by atoms with Crippen LogP contribution in [0.4, 0.5) is 0 Å². The summed E-state index contributed by atoms with van der Waals surface area (Å²) in [7, 11) is 0. The van der Waals surface area contributed by atoms with Crippen molar-refractivity contribution in [3.8, 4) is 5.75 Å². The molecule has 2 nitrogen and oxygen atoms in total. The third-order valence-corrected chi connectivity index (χ3v) is 2.96. The van der Waals surface area contributed by atoms with Crippen molar-refractivity contribution in [3.63, 3.8) is 0 Å². The van der Waals surface area contributed by atoms with Gasteiger partial charge < -0.3 is 4.74 Å². The Balaban J connectivity index is 1.86. The molecule has 0 unspecified atom stereocenters. The van der Waals surface area contributed by atoms with Gasteiger partial charge in [0.2, 0.25) is 0 Å². The lowest BCUT2D eigenvalue weighted by Gasteiger charge is -2.06. The number of ketones is 1. The quantitative estimate of drug-likeness (QED) is 0.755. The summed E-state index contributed by atoms with van der Waals surface area (Å²) in [5.41, 5.74) is 3.06. The molecule has 0 aliphatic carbocycles. The van der Waals surface area contributed by atoms with Crippen LogP contribution >= 0.6 is 0 Å². The molecule has 0 aliphatic rings. The average molecular weight is 254 g/mol. The highest BCUT2D eigenvalue weighted by Gasteiger charge is 2.05. The zero-order chi connectivity index (χ0) is 13.7. The maximum absolute atomic E-state index is 11.9. The predicted molar refractivity (Wildman–Crippen MR) is 76.8 cm³/mol.